The van der Waals surface area contributed by atoms with Crippen LogP contribution in [0.3, 0.4) is 0 Å². The lowest BCUT2D eigenvalue weighted by atomic mass is 9.95. The molecule has 1 aliphatic rings. The fraction of sp³-hybridized carbons (Fsp3) is 0.500. The second-order valence-electron chi connectivity index (χ2n) is 5.02. The highest BCUT2D eigenvalue weighted by Crippen LogP contribution is 2.39. The standard InChI is InChI=1S/C14H17ClF2N2OS.ClH/c15-10-5-2-6-11(12(10)21-14(16)17)19-13(20)9-4-1-3-8(9)7-18;/h2,5-6,8-9,14H,1,3-4,7,18H2,(H,19,20);1H/t8-,9-;/m1./s1. The first-order valence-corrected chi connectivity index (χ1v) is 8.03. The number of alkyl halides is 2. The number of rotatable bonds is 5. The zero-order valence-electron chi connectivity index (χ0n) is 11.7. The SMILES string of the molecule is Cl.NC[C@H]1CCC[C@H]1C(=O)Nc1cccc(Cl)c1SC(F)F. The molecule has 1 saturated carbocycles. The van der Waals surface area contributed by atoms with E-state index < -0.39 is 5.76 Å². The Hall–Kier alpha value is -0.560. The summed E-state index contributed by atoms with van der Waals surface area (Å²) in [5, 5.41) is 2.94. The van der Waals surface area contributed by atoms with E-state index in [2.05, 4.69) is 5.32 Å². The van der Waals surface area contributed by atoms with Crippen LogP contribution >= 0.6 is 35.8 Å². The van der Waals surface area contributed by atoms with Gasteiger partial charge in [0.2, 0.25) is 5.91 Å². The highest BCUT2D eigenvalue weighted by atomic mass is 35.5. The van der Waals surface area contributed by atoms with Gasteiger partial charge in [-0.05, 0) is 37.4 Å². The lowest BCUT2D eigenvalue weighted by molar-refractivity contribution is -0.120. The molecule has 1 amide bonds. The Morgan fingerprint density at radius 2 is 2.18 bits per heavy atom. The summed E-state index contributed by atoms with van der Waals surface area (Å²) in [6, 6.07) is 4.74. The van der Waals surface area contributed by atoms with Crippen LogP contribution in [-0.4, -0.2) is 18.2 Å². The minimum atomic E-state index is -2.59. The van der Waals surface area contributed by atoms with Crippen LogP contribution < -0.4 is 11.1 Å². The van der Waals surface area contributed by atoms with Crippen LogP contribution in [0.4, 0.5) is 14.5 Å². The minimum absolute atomic E-state index is 0. The Morgan fingerprint density at radius 3 is 2.82 bits per heavy atom. The molecule has 0 saturated heterocycles. The van der Waals surface area contributed by atoms with Crippen molar-refractivity contribution in [2.24, 2.45) is 17.6 Å². The van der Waals surface area contributed by atoms with E-state index >= 15 is 0 Å². The smallest absolute Gasteiger partial charge is 0.289 e. The van der Waals surface area contributed by atoms with Gasteiger partial charge in [-0.1, -0.05) is 35.9 Å². The molecular formula is C14H18Cl2F2N2OS. The summed E-state index contributed by atoms with van der Waals surface area (Å²) < 4.78 is 25.2. The number of carbonyl (C=O) groups excluding carboxylic acids is 1. The number of nitrogens with two attached hydrogens (primary N) is 1. The number of nitrogens with one attached hydrogen (secondary N) is 1. The van der Waals surface area contributed by atoms with Crippen LogP contribution in [0, 0.1) is 11.8 Å². The molecule has 0 aromatic heterocycles. The first kappa shape index (κ1) is 19.5. The fourth-order valence-corrected chi connectivity index (χ4v) is 3.62. The summed E-state index contributed by atoms with van der Waals surface area (Å²) in [5.74, 6) is -2.75. The van der Waals surface area contributed by atoms with E-state index in [0.29, 0.717) is 24.0 Å². The molecule has 1 aliphatic carbocycles. The number of hydrogen-bond donors (Lipinski definition) is 2. The lowest BCUT2D eigenvalue weighted by Gasteiger charge is -2.19. The van der Waals surface area contributed by atoms with E-state index in [1.807, 2.05) is 0 Å². The number of anilines is 1. The van der Waals surface area contributed by atoms with Gasteiger partial charge in [0.15, 0.2) is 0 Å². The van der Waals surface area contributed by atoms with Crippen molar-refractivity contribution in [2.75, 3.05) is 11.9 Å². The monoisotopic (exact) mass is 370 g/mol. The van der Waals surface area contributed by atoms with Gasteiger partial charge in [-0.3, -0.25) is 4.79 Å². The third-order valence-corrected chi connectivity index (χ3v) is 5.01. The molecule has 0 aliphatic heterocycles. The van der Waals surface area contributed by atoms with Crippen molar-refractivity contribution in [3.05, 3.63) is 23.2 Å². The maximum Gasteiger partial charge on any atom is 0.289 e. The van der Waals surface area contributed by atoms with Crippen LogP contribution in [-0.2, 0) is 4.79 Å². The predicted octanol–water partition coefficient (Wildman–Crippen LogP) is 4.39. The highest BCUT2D eigenvalue weighted by Gasteiger charge is 2.32. The first-order valence-electron chi connectivity index (χ1n) is 6.77. The Kier molecular flexibility index (Phi) is 7.89. The molecule has 2 rings (SSSR count). The molecule has 3 N–H and O–H groups in total. The van der Waals surface area contributed by atoms with Gasteiger partial charge in [-0.2, -0.15) is 8.78 Å². The third-order valence-electron chi connectivity index (χ3n) is 3.73. The van der Waals surface area contributed by atoms with Gasteiger partial charge in [-0.15, -0.1) is 12.4 Å². The van der Waals surface area contributed by atoms with Gasteiger partial charge >= 0.3 is 0 Å². The van der Waals surface area contributed by atoms with Crippen LogP contribution in [0.15, 0.2) is 23.1 Å². The largest absolute Gasteiger partial charge is 0.330 e. The van der Waals surface area contributed by atoms with E-state index in [-0.39, 0.29) is 40.1 Å². The molecule has 1 fully saturated rings. The van der Waals surface area contributed by atoms with E-state index in [1.165, 1.54) is 6.07 Å². The first-order chi connectivity index (χ1) is 10.0. The number of halogens is 4. The van der Waals surface area contributed by atoms with Crippen molar-refractivity contribution in [3.63, 3.8) is 0 Å². The van der Waals surface area contributed by atoms with E-state index in [1.54, 1.807) is 12.1 Å². The average Bonchev–Trinajstić information content (AvgIpc) is 2.90. The van der Waals surface area contributed by atoms with Gasteiger partial charge in [-0.25, -0.2) is 0 Å². The van der Waals surface area contributed by atoms with Crippen molar-refractivity contribution in [2.45, 2.75) is 29.9 Å². The maximum atomic E-state index is 12.6. The number of carbonyl (C=O) groups is 1. The summed E-state index contributed by atoms with van der Waals surface area (Å²) in [5.41, 5.74) is 6.00. The fourth-order valence-electron chi connectivity index (χ4n) is 2.71. The molecule has 0 spiro atoms. The van der Waals surface area contributed by atoms with Gasteiger partial charge in [0.25, 0.3) is 5.76 Å². The van der Waals surface area contributed by atoms with Crippen molar-refractivity contribution >= 4 is 47.4 Å². The highest BCUT2D eigenvalue weighted by molar-refractivity contribution is 7.99. The molecule has 124 valence electrons. The molecule has 1 aromatic carbocycles. The van der Waals surface area contributed by atoms with Crippen LogP contribution in [0.1, 0.15) is 19.3 Å². The Morgan fingerprint density at radius 1 is 1.45 bits per heavy atom. The second-order valence-corrected chi connectivity index (χ2v) is 6.42. The molecule has 22 heavy (non-hydrogen) atoms. The quantitative estimate of drug-likeness (QED) is 0.755. The second kappa shape index (κ2) is 8.91. The van der Waals surface area contributed by atoms with Crippen molar-refractivity contribution < 1.29 is 13.6 Å². The van der Waals surface area contributed by atoms with Crippen LogP contribution in [0.2, 0.25) is 5.02 Å². The van der Waals surface area contributed by atoms with E-state index in [0.717, 1.165) is 19.3 Å². The molecule has 0 unspecified atom stereocenters. The predicted molar refractivity (Wildman–Crippen MR) is 89.1 cm³/mol. The van der Waals surface area contributed by atoms with Gasteiger partial charge in [0, 0.05) is 5.92 Å². The molecule has 0 bridgehead atoms. The van der Waals surface area contributed by atoms with Crippen molar-refractivity contribution in [1.82, 2.24) is 0 Å². The Bertz CT molecular complexity index is 520. The summed E-state index contributed by atoms with van der Waals surface area (Å²) in [4.78, 5) is 12.5. The Balaban J connectivity index is 0.00000242. The maximum absolute atomic E-state index is 12.6. The molecule has 1 aromatic rings. The zero-order chi connectivity index (χ0) is 15.4. The number of thioether (sulfide) groups is 1. The summed E-state index contributed by atoms with van der Waals surface area (Å²) in [6.07, 6.45) is 2.68. The zero-order valence-corrected chi connectivity index (χ0v) is 14.1. The lowest BCUT2D eigenvalue weighted by Crippen LogP contribution is -2.29. The van der Waals surface area contributed by atoms with Crippen molar-refractivity contribution in [3.8, 4) is 0 Å². The van der Waals surface area contributed by atoms with Crippen molar-refractivity contribution in [1.29, 1.82) is 0 Å². The van der Waals surface area contributed by atoms with Crippen LogP contribution in [0.5, 0.6) is 0 Å². The van der Waals surface area contributed by atoms with Gasteiger partial charge in [0.05, 0.1) is 15.6 Å². The molecule has 8 heteroatoms. The topological polar surface area (TPSA) is 55.1 Å². The summed E-state index contributed by atoms with van der Waals surface area (Å²) >= 11 is 6.29. The van der Waals surface area contributed by atoms with Gasteiger partial charge < -0.3 is 11.1 Å². The van der Waals surface area contributed by atoms with Gasteiger partial charge in [0.1, 0.15) is 0 Å². The molecular weight excluding hydrogens is 353 g/mol. The number of hydrogen-bond acceptors (Lipinski definition) is 3. The van der Waals surface area contributed by atoms with Crippen LogP contribution in [0.25, 0.3) is 0 Å². The average molecular weight is 371 g/mol. The third kappa shape index (κ3) is 4.72. The Labute approximate surface area is 143 Å². The molecule has 3 nitrogen and oxygen atoms in total. The normalized spacial score (nSPS) is 20.8. The number of amides is 1. The minimum Gasteiger partial charge on any atom is -0.330 e. The molecule has 0 heterocycles. The summed E-state index contributed by atoms with van der Waals surface area (Å²) in [7, 11) is 0. The summed E-state index contributed by atoms with van der Waals surface area (Å²) in [6.45, 7) is 0.465. The molecule has 2 atom stereocenters. The number of benzene rings is 1. The van der Waals surface area contributed by atoms with E-state index in [9.17, 15) is 13.6 Å². The molecule has 0 radical (unpaired) electrons. The van der Waals surface area contributed by atoms with E-state index in [4.69, 9.17) is 17.3 Å².